The molecule has 72 valence electrons. The molecule has 7 heteroatoms. The molecule has 0 fully saturated rings. The van der Waals surface area contributed by atoms with Crippen molar-refractivity contribution in [3.8, 4) is 0 Å². The first kappa shape index (κ1) is 9.62. The van der Waals surface area contributed by atoms with Gasteiger partial charge in [-0.1, -0.05) is 5.21 Å². The molecule has 0 bridgehead atoms. The summed E-state index contributed by atoms with van der Waals surface area (Å²) in [6.45, 7) is 0.886. The van der Waals surface area contributed by atoms with Crippen molar-refractivity contribution in [1.82, 2.24) is 15.0 Å². The molecule has 1 aromatic rings. The van der Waals surface area contributed by atoms with Crippen LogP contribution in [-0.2, 0) is 13.1 Å². The van der Waals surface area contributed by atoms with Crippen LogP contribution in [0.2, 0.25) is 0 Å². The van der Waals surface area contributed by atoms with Crippen LogP contribution >= 0.6 is 0 Å². The fourth-order valence-corrected chi connectivity index (χ4v) is 1.00. The van der Waals surface area contributed by atoms with Crippen LogP contribution in [0, 0.1) is 0 Å². The summed E-state index contributed by atoms with van der Waals surface area (Å²) in [4.78, 5) is 10.6. The van der Waals surface area contributed by atoms with Crippen LogP contribution < -0.4 is 11.5 Å². The van der Waals surface area contributed by atoms with Gasteiger partial charge in [-0.05, 0) is 0 Å². The van der Waals surface area contributed by atoms with E-state index in [4.69, 9.17) is 16.6 Å². The van der Waals surface area contributed by atoms with E-state index in [1.165, 1.54) is 4.68 Å². The molecule has 0 unspecified atom stereocenters. The summed E-state index contributed by atoms with van der Waals surface area (Å²) in [5, 5.41) is 15.8. The van der Waals surface area contributed by atoms with Gasteiger partial charge in [-0.2, -0.15) is 0 Å². The van der Waals surface area contributed by atoms with Crippen LogP contribution in [0.15, 0.2) is 0 Å². The molecule has 13 heavy (non-hydrogen) atoms. The molecule has 0 spiro atoms. The minimum Gasteiger partial charge on any atom is -0.476 e. The van der Waals surface area contributed by atoms with Crippen molar-refractivity contribution < 1.29 is 9.90 Å². The molecule has 1 rings (SSSR count). The highest BCUT2D eigenvalue weighted by Gasteiger charge is 2.16. The maximum atomic E-state index is 10.6. The lowest BCUT2D eigenvalue weighted by atomic mass is 10.3. The summed E-state index contributed by atoms with van der Waals surface area (Å²) in [6, 6.07) is 0. The Morgan fingerprint density at radius 1 is 1.54 bits per heavy atom. The lowest BCUT2D eigenvalue weighted by molar-refractivity contribution is 0.0689. The van der Waals surface area contributed by atoms with Crippen LogP contribution in [0.5, 0.6) is 0 Å². The number of carbonyl (C=O) groups is 1. The molecule has 1 aromatic heterocycles. The van der Waals surface area contributed by atoms with Crippen LogP contribution in [-0.4, -0.2) is 32.6 Å². The van der Waals surface area contributed by atoms with Gasteiger partial charge >= 0.3 is 5.97 Å². The van der Waals surface area contributed by atoms with Crippen molar-refractivity contribution in [3.05, 3.63) is 11.4 Å². The molecule has 0 aliphatic carbocycles. The third kappa shape index (κ3) is 1.82. The Morgan fingerprint density at radius 2 is 2.23 bits per heavy atom. The predicted octanol–water partition coefficient (Wildman–Crippen LogP) is -1.61. The quantitative estimate of drug-likeness (QED) is 0.519. The summed E-state index contributed by atoms with van der Waals surface area (Å²) in [5.41, 5.74) is 11.0. The van der Waals surface area contributed by atoms with Crippen molar-refractivity contribution >= 4 is 5.97 Å². The van der Waals surface area contributed by atoms with E-state index in [0.717, 1.165) is 0 Å². The molecule has 1 heterocycles. The van der Waals surface area contributed by atoms with Gasteiger partial charge < -0.3 is 16.6 Å². The van der Waals surface area contributed by atoms with Gasteiger partial charge in [-0.15, -0.1) is 5.10 Å². The van der Waals surface area contributed by atoms with Gasteiger partial charge in [0.05, 0.1) is 12.2 Å². The highest BCUT2D eigenvalue weighted by molar-refractivity contribution is 5.86. The van der Waals surface area contributed by atoms with Gasteiger partial charge in [0, 0.05) is 13.1 Å². The first-order valence-electron chi connectivity index (χ1n) is 3.76. The van der Waals surface area contributed by atoms with Crippen molar-refractivity contribution in [2.45, 2.75) is 13.1 Å². The number of aromatic carboxylic acids is 1. The number of hydrogen-bond donors (Lipinski definition) is 3. The SMILES string of the molecule is NCCn1nnc(C(=O)O)c1CN. The summed E-state index contributed by atoms with van der Waals surface area (Å²) in [5.74, 6) is -1.12. The lowest BCUT2D eigenvalue weighted by Crippen LogP contribution is -2.17. The lowest BCUT2D eigenvalue weighted by Gasteiger charge is -2.01. The second kappa shape index (κ2) is 3.97. The third-order valence-corrected chi connectivity index (χ3v) is 1.57. The Kier molecular flexibility index (Phi) is 2.93. The maximum Gasteiger partial charge on any atom is 0.358 e. The molecule has 0 radical (unpaired) electrons. The van der Waals surface area contributed by atoms with Crippen LogP contribution in [0.3, 0.4) is 0 Å². The maximum absolute atomic E-state index is 10.6. The zero-order valence-electron chi connectivity index (χ0n) is 6.97. The van der Waals surface area contributed by atoms with Crippen LogP contribution in [0.1, 0.15) is 16.2 Å². The predicted molar refractivity (Wildman–Crippen MR) is 43.9 cm³/mol. The summed E-state index contributed by atoms with van der Waals surface area (Å²) in [6.07, 6.45) is 0. The monoisotopic (exact) mass is 185 g/mol. The fraction of sp³-hybridized carbons (Fsp3) is 0.500. The largest absolute Gasteiger partial charge is 0.476 e. The molecule has 0 aliphatic rings. The minimum absolute atomic E-state index is 0.0919. The van der Waals surface area contributed by atoms with Gasteiger partial charge in [0.1, 0.15) is 0 Å². The number of carboxylic acids is 1. The van der Waals surface area contributed by atoms with Crippen molar-refractivity contribution in [2.75, 3.05) is 6.54 Å². The zero-order chi connectivity index (χ0) is 9.84. The fourth-order valence-electron chi connectivity index (χ4n) is 1.00. The highest BCUT2D eigenvalue weighted by atomic mass is 16.4. The summed E-state index contributed by atoms with van der Waals surface area (Å²) in [7, 11) is 0. The Hall–Kier alpha value is -1.47. The molecular weight excluding hydrogens is 174 g/mol. The van der Waals surface area contributed by atoms with Gasteiger partial charge in [0.2, 0.25) is 0 Å². The molecular formula is C6H11N5O2. The molecule has 0 amide bonds. The molecule has 7 nitrogen and oxygen atoms in total. The minimum atomic E-state index is -1.12. The van der Waals surface area contributed by atoms with E-state index in [0.29, 0.717) is 18.8 Å². The first-order chi connectivity index (χ1) is 6.20. The topological polar surface area (TPSA) is 120 Å². The normalized spacial score (nSPS) is 10.3. The second-order valence-corrected chi connectivity index (χ2v) is 2.41. The molecule has 0 saturated carbocycles. The average Bonchev–Trinajstić information content (AvgIpc) is 2.48. The van der Waals surface area contributed by atoms with E-state index >= 15 is 0 Å². The number of carboxylic acid groups (broad SMARTS) is 1. The number of aromatic nitrogens is 3. The third-order valence-electron chi connectivity index (χ3n) is 1.57. The first-order valence-corrected chi connectivity index (χ1v) is 3.76. The Labute approximate surface area is 74.3 Å². The second-order valence-electron chi connectivity index (χ2n) is 2.41. The van der Waals surface area contributed by atoms with Gasteiger partial charge in [0.25, 0.3) is 0 Å². The van der Waals surface area contributed by atoms with Crippen molar-refractivity contribution in [1.29, 1.82) is 0 Å². The summed E-state index contributed by atoms with van der Waals surface area (Å²) < 4.78 is 1.41. The molecule has 0 aromatic carbocycles. The average molecular weight is 185 g/mol. The van der Waals surface area contributed by atoms with Gasteiger partial charge in [0.15, 0.2) is 5.69 Å². The van der Waals surface area contributed by atoms with E-state index in [-0.39, 0.29) is 12.2 Å². The zero-order valence-corrected chi connectivity index (χ0v) is 6.97. The Balaban J connectivity index is 3.03. The number of nitrogens with two attached hydrogens (primary N) is 2. The Bertz CT molecular complexity index is 308. The van der Waals surface area contributed by atoms with E-state index in [1.807, 2.05) is 0 Å². The van der Waals surface area contributed by atoms with Crippen molar-refractivity contribution in [2.24, 2.45) is 11.5 Å². The van der Waals surface area contributed by atoms with Crippen molar-refractivity contribution in [3.63, 3.8) is 0 Å². The van der Waals surface area contributed by atoms with E-state index in [9.17, 15) is 4.79 Å². The molecule has 0 saturated heterocycles. The molecule has 0 aliphatic heterocycles. The van der Waals surface area contributed by atoms with Gasteiger partial charge in [-0.25, -0.2) is 9.48 Å². The number of nitrogens with zero attached hydrogens (tertiary/aromatic N) is 3. The van der Waals surface area contributed by atoms with E-state index < -0.39 is 5.97 Å². The summed E-state index contributed by atoms with van der Waals surface area (Å²) >= 11 is 0. The molecule has 5 N–H and O–H groups in total. The Morgan fingerprint density at radius 3 is 2.69 bits per heavy atom. The standard InChI is InChI=1S/C6H11N5O2/c7-1-2-11-4(3-8)5(6(12)13)9-10-11/h1-3,7-8H2,(H,12,13). The number of hydrogen-bond acceptors (Lipinski definition) is 5. The number of rotatable bonds is 4. The van der Waals surface area contributed by atoms with Crippen LogP contribution in [0.4, 0.5) is 0 Å². The van der Waals surface area contributed by atoms with E-state index in [2.05, 4.69) is 10.3 Å². The van der Waals surface area contributed by atoms with Crippen LogP contribution in [0.25, 0.3) is 0 Å². The smallest absolute Gasteiger partial charge is 0.358 e. The molecule has 0 atom stereocenters. The van der Waals surface area contributed by atoms with E-state index in [1.54, 1.807) is 0 Å². The highest BCUT2D eigenvalue weighted by Crippen LogP contribution is 2.03. The van der Waals surface area contributed by atoms with Gasteiger partial charge in [-0.3, -0.25) is 0 Å².